The Labute approximate surface area is 188 Å². The van der Waals surface area contributed by atoms with Gasteiger partial charge in [0.1, 0.15) is 0 Å². The Bertz CT molecular complexity index is 512. The van der Waals surface area contributed by atoms with Crippen LogP contribution in [0.4, 0.5) is 0 Å². The molecule has 0 aliphatic carbocycles. The van der Waals surface area contributed by atoms with Crippen molar-refractivity contribution in [2.24, 2.45) is 5.92 Å². The predicted molar refractivity (Wildman–Crippen MR) is 127 cm³/mol. The molecule has 31 heavy (non-hydrogen) atoms. The smallest absolute Gasteiger partial charge is 0.306 e. The Kier molecular flexibility index (Phi) is 21.0. The van der Waals surface area contributed by atoms with Crippen molar-refractivity contribution in [1.82, 2.24) is 0 Å². The van der Waals surface area contributed by atoms with Gasteiger partial charge < -0.3 is 14.6 Å². The van der Waals surface area contributed by atoms with Crippen LogP contribution < -0.4 is 0 Å². The van der Waals surface area contributed by atoms with Crippen LogP contribution in [0.5, 0.6) is 0 Å². The van der Waals surface area contributed by atoms with E-state index in [4.69, 9.17) is 9.47 Å². The van der Waals surface area contributed by atoms with E-state index in [1.807, 2.05) is 24.3 Å². The minimum atomic E-state index is -0.397. The molecule has 0 aliphatic heterocycles. The summed E-state index contributed by atoms with van der Waals surface area (Å²) < 4.78 is 10.4. The maximum Gasteiger partial charge on any atom is 0.306 e. The molecule has 0 radical (unpaired) electrons. The summed E-state index contributed by atoms with van der Waals surface area (Å²) in [7, 11) is 0. The van der Waals surface area contributed by atoms with Crippen molar-refractivity contribution >= 4 is 11.9 Å². The first kappa shape index (κ1) is 28.9. The minimum Gasteiger partial charge on any atom is -0.465 e. The molecule has 0 rings (SSSR count). The van der Waals surface area contributed by atoms with Crippen molar-refractivity contribution < 1.29 is 24.2 Å². The fourth-order valence-electron chi connectivity index (χ4n) is 2.47. The van der Waals surface area contributed by atoms with Gasteiger partial charge in [-0.25, -0.2) is 0 Å². The van der Waals surface area contributed by atoms with Crippen LogP contribution in [-0.2, 0) is 19.1 Å². The first-order valence-electron chi connectivity index (χ1n) is 11.7. The summed E-state index contributed by atoms with van der Waals surface area (Å²) in [4.78, 5) is 23.6. The van der Waals surface area contributed by atoms with E-state index in [0.29, 0.717) is 25.7 Å². The Balaban J connectivity index is 3.85. The average Bonchev–Trinajstić information content (AvgIpc) is 2.77. The van der Waals surface area contributed by atoms with Crippen molar-refractivity contribution in [1.29, 1.82) is 0 Å². The van der Waals surface area contributed by atoms with E-state index >= 15 is 0 Å². The lowest BCUT2D eigenvalue weighted by atomic mass is 10.2. The molecule has 176 valence electrons. The number of hydrogen-bond acceptors (Lipinski definition) is 5. The molecule has 0 aliphatic rings. The zero-order chi connectivity index (χ0) is 23.0. The van der Waals surface area contributed by atoms with Crippen molar-refractivity contribution in [3.63, 3.8) is 0 Å². The van der Waals surface area contributed by atoms with Crippen LogP contribution in [0.1, 0.15) is 78.1 Å². The maximum atomic E-state index is 11.8. The number of aliphatic hydroxyl groups is 1. The van der Waals surface area contributed by atoms with Gasteiger partial charge in [0.25, 0.3) is 0 Å². The Morgan fingerprint density at radius 3 is 1.42 bits per heavy atom. The van der Waals surface area contributed by atoms with Crippen LogP contribution in [0.2, 0.25) is 0 Å². The summed E-state index contributed by atoms with van der Waals surface area (Å²) in [5.74, 6) is -1.02. The van der Waals surface area contributed by atoms with E-state index in [1.165, 1.54) is 0 Å². The van der Waals surface area contributed by atoms with Crippen LogP contribution in [0.3, 0.4) is 0 Å². The second kappa shape index (κ2) is 22.5. The summed E-state index contributed by atoms with van der Waals surface area (Å²) in [6.45, 7) is 4.19. The van der Waals surface area contributed by atoms with Gasteiger partial charge in [-0.05, 0) is 38.5 Å². The van der Waals surface area contributed by atoms with E-state index < -0.39 is 5.92 Å². The molecule has 5 nitrogen and oxygen atoms in total. The number of ether oxygens (including phenoxy) is 2. The van der Waals surface area contributed by atoms with Crippen molar-refractivity contribution in [3.05, 3.63) is 48.6 Å². The molecule has 0 saturated heterocycles. The molecular formula is C26H42O5. The highest BCUT2D eigenvalue weighted by Gasteiger charge is 2.13. The molecule has 1 N–H and O–H groups in total. The van der Waals surface area contributed by atoms with Crippen LogP contribution in [-0.4, -0.2) is 36.9 Å². The maximum absolute atomic E-state index is 11.8. The number of aliphatic hydroxyl groups excluding tert-OH is 1. The molecule has 0 heterocycles. The van der Waals surface area contributed by atoms with Gasteiger partial charge in [-0.15, -0.1) is 0 Å². The second-order valence-electron chi connectivity index (χ2n) is 7.43. The van der Waals surface area contributed by atoms with Gasteiger partial charge in [-0.3, -0.25) is 9.59 Å². The summed E-state index contributed by atoms with van der Waals surface area (Å²) in [6.07, 6.45) is 24.6. The summed E-state index contributed by atoms with van der Waals surface area (Å²) >= 11 is 0. The zero-order valence-corrected chi connectivity index (χ0v) is 19.5. The Morgan fingerprint density at radius 1 is 0.677 bits per heavy atom. The third kappa shape index (κ3) is 20.9. The lowest BCUT2D eigenvalue weighted by molar-refractivity contribution is -0.149. The third-order valence-electron chi connectivity index (χ3n) is 4.37. The highest BCUT2D eigenvalue weighted by Crippen LogP contribution is 2.04. The van der Waals surface area contributed by atoms with Gasteiger partial charge in [-0.1, -0.05) is 75.3 Å². The number of carbonyl (C=O) groups excluding carboxylic acids is 2. The second-order valence-corrected chi connectivity index (χ2v) is 7.43. The molecule has 0 spiro atoms. The van der Waals surface area contributed by atoms with Crippen LogP contribution >= 0.6 is 0 Å². The van der Waals surface area contributed by atoms with E-state index in [9.17, 15) is 14.7 Å². The first-order valence-corrected chi connectivity index (χ1v) is 11.7. The summed E-state index contributed by atoms with van der Waals surface area (Å²) in [5.41, 5.74) is 0. The monoisotopic (exact) mass is 434 g/mol. The predicted octanol–water partition coefficient (Wildman–Crippen LogP) is 5.85. The topological polar surface area (TPSA) is 72.8 Å². The standard InChI is InChI=1S/C26H42O5/c1-3-5-7-9-11-13-15-17-19-25(28)30-22-24(21-27)23-31-26(29)20-18-16-14-12-10-8-6-4-2/h7-10,13-16,24,27H,3-6,11-12,17-23H2,1-2H3/b9-7-,10-8-,15-13-,16-14-. The van der Waals surface area contributed by atoms with Crippen molar-refractivity contribution in [3.8, 4) is 0 Å². The number of rotatable bonds is 19. The molecule has 5 heteroatoms. The number of unbranched alkanes of at least 4 members (excludes halogenated alkanes) is 2. The largest absolute Gasteiger partial charge is 0.465 e. The fraction of sp³-hybridized carbons (Fsp3) is 0.615. The lowest BCUT2D eigenvalue weighted by Gasteiger charge is -2.14. The quantitative estimate of drug-likeness (QED) is 0.204. The van der Waals surface area contributed by atoms with Gasteiger partial charge in [0.15, 0.2) is 0 Å². The molecule has 0 bridgehead atoms. The molecule has 0 aromatic heterocycles. The van der Waals surface area contributed by atoms with Crippen LogP contribution in [0.15, 0.2) is 48.6 Å². The molecule has 0 aromatic carbocycles. The van der Waals surface area contributed by atoms with Gasteiger partial charge in [0.2, 0.25) is 0 Å². The van der Waals surface area contributed by atoms with Crippen LogP contribution in [0.25, 0.3) is 0 Å². The molecule has 0 fully saturated rings. The number of esters is 2. The average molecular weight is 435 g/mol. The molecule has 0 aromatic rings. The summed E-state index contributed by atoms with van der Waals surface area (Å²) in [5, 5.41) is 9.40. The van der Waals surface area contributed by atoms with Gasteiger partial charge in [0.05, 0.1) is 25.7 Å². The Hall–Kier alpha value is -2.14. The number of carbonyl (C=O) groups is 2. The zero-order valence-electron chi connectivity index (χ0n) is 19.5. The SMILES string of the molecule is CCC/C=C\C/C=C\CCC(=O)OCC(CO)COC(=O)CC/C=C\C/C=C\CCC. The first-order chi connectivity index (χ1) is 15.1. The fourth-order valence-corrected chi connectivity index (χ4v) is 2.47. The van der Waals surface area contributed by atoms with E-state index in [2.05, 4.69) is 38.2 Å². The third-order valence-corrected chi connectivity index (χ3v) is 4.37. The summed E-state index contributed by atoms with van der Waals surface area (Å²) in [6, 6.07) is 0. The molecular weight excluding hydrogens is 392 g/mol. The normalized spacial score (nSPS) is 12.1. The van der Waals surface area contributed by atoms with E-state index in [0.717, 1.165) is 38.5 Å². The molecule has 0 atom stereocenters. The highest BCUT2D eigenvalue weighted by molar-refractivity contribution is 5.70. The van der Waals surface area contributed by atoms with Crippen molar-refractivity contribution in [2.45, 2.75) is 78.1 Å². The van der Waals surface area contributed by atoms with Crippen LogP contribution in [0, 0.1) is 5.92 Å². The minimum absolute atomic E-state index is 0.0517. The number of allylic oxidation sites excluding steroid dienone is 8. The van der Waals surface area contributed by atoms with Gasteiger partial charge in [-0.2, -0.15) is 0 Å². The number of hydrogen-bond donors (Lipinski definition) is 1. The highest BCUT2D eigenvalue weighted by atomic mass is 16.5. The van der Waals surface area contributed by atoms with E-state index in [-0.39, 0.29) is 31.8 Å². The Morgan fingerprint density at radius 2 is 1.06 bits per heavy atom. The van der Waals surface area contributed by atoms with Gasteiger partial charge >= 0.3 is 11.9 Å². The molecule has 0 unspecified atom stereocenters. The van der Waals surface area contributed by atoms with Gasteiger partial charge in [0, 0.05) is 12.8 Å². The van der Waals surface area contributed by atoms with Crippen molar-refractivity contribution in [2.75, 3.05) is 19.8 Å². The lowest BCUT2D eigenvalue weighted by Crippen LogP contribution is -2.23. The molecule has 0 saturated carbocycles. The van der Waals surface area contributed by atoms with E-state index in [1.54, 1.807) is 0 Å². The molecule has 0 amide bonds.